The second kappa shape index (κ2) is 5.37. The monoisotopic (exact) mass is 284 g/mol. The Morgan fingerprint density at radius 2 is 2.00 bits per heavy atom. The van der Waals surface area contributed by atoms with Crippen molar-refractivity contribution in [1.82, 2.24) is 20.1 Å². The summed E-state index contributed by atoms with van der Waals surface area (Å²) in [6.45, 7) is 0.389. The summed E-state index contributed by atoms with van der Waals surface area (Å²) in [4.78, 5) is 17.2. The number of hydrogen-bond donors (Lipinski definition) is 1. The quantitative estimate of drug-likeness (QED) is 0.941. The highest BCUT2D eigenvalue weighted by atomic mass is 35.5. The van der Waals surface area contributed by atoms with E-state index in [1.165, 1.54) is 11.2 Å². The van der Waals surface area contributed by atoms with Crippen LogP contribution in [0.3, 0.4) is 0 Å². The molecule has 0 saturated heterocycles. The maximum absolute atomic E-state index is 11.9. The second-order valence-corrected chi connectivity index (χ2v) is 4.65. The number of nitrogens with one attached hydrogen (secondary N) is 1. The lowest BCUT2D eigenvalue weighted by molar-refractivity contribution is 0.0773. The van der Waals surface area contributed by atoms with Gasteiger partial charge in [0.05, 0.1) is 0 Å². The van der Waals surface area contributed by atoms with Crippen LogP contribution in [0.25, 0.3) is 0 Å². The van der Waals surface area contributed by atoms with Gasteiger partial charge in [-0.25, -0.2) is 4.98 Å². The van der Waals surface area contributed by atoms with E-state index < -0.39 is 0 Å². The Bertz CT molecular complexity index is 536. The van der Waals surface area contributed by atoms with Gasteiger partial charge in [-0.3, -0.25) is 9.89 Å². The minimum Gasteiger partial charge on any atom is -0.335 e. The summed E-state index contributed by atoms with van der Waals surface area (Å²) in [6.07, 6.45) is 1.29. The Morgan fingerprint density at radius 1 is 1.33 bits per heavy atom. The largest absolute Gasteiger partial charge is 0.335 e. The topological polar surface area (TPSA) is 61.9 Å². The second-order valence-electron chi connectivity index (χ2n) is 3.77. The van der Waals surface area contributed by atoms with Gasteiger partial charge < -0.3 is 4.90 Å². The molecule has 18 heavy (non-hydrogen) atoms. The summed E-state index contributed by atoms with van der Waals surface area (Å²) >= 11 is 11.8. The lowest BCUT2D eigenvalue weighted by Crippen LogP contribution is -2.27. The highest BCUT2D eigenvalue weighted by Crippen LogP contribution is 2.20. The lowest BCUT2D eigenvalue weighted by atomic mass is 10.2. The number of aromatic amines is 1. The van der Waals surface area contributed by atoms with E-state index >= 15 is 0 Å². The molecule has 0 aliphatic rings. The van der Waals surface area contributed by atoms with Crippen molar-refractivity contribution in [3.63, 3.8) is 0 Å². The number of amides is 1. The van der Waals surface area contributed by atoms with Crippen LogP contribution in [0.15, 0.2) is 24.5 Å². The first-order valence-corrected chi connectivity index (χ1v) is 5.87. The standard InChI is InChI=1S/C11H10Cl2N4O/c1-17(11(18)10-14-6-15-16-10)5-7-2-8(12)4-9(13)3-7/h2-4,6H,5H2,1H3,(H,14,15,16). The molecule has 0 radical (unpaired) electrons. The third-order valence-corrected chi connectivity index (χ3v) is 2.74. The minimum absolute atomic E-state index is 0.200. The summed E-state index contributed by atoms with van der Waals surface area (Å²) in [5, 5.41) is 7.24. The molecule has 0 aliphatic heterocycles. The number of halogens is 2. The molecule has 1 aromatic heterocycles. The van der Waals surface area contributed by atoms with Gasteiger partial charge >= 0.3 is 0 Å². The predicted molar refractivity (Wildman–Crippen MR) is 68.6 cm³/mol. The van der Waals surface area contributed by atoms with Crippen LogP contribution < -0.4 is 0 Å². The maximum Gasteiger partial charge on any atom is 0.291 e. The van der Waals surface area contributed by atoms with Gasteiger partial charge in [0.15, 0.2) is 0 Å². The number of benzene rings is 1. The van der Waals surface area contributed by atoms with Gasteiger partial charge in [-0.1, -0.05) is 23.2 Å². The van der Waals surface area contributed by atoms with Crippen LogP contribution in [0.4, 0.5) is 0 Å². The molecule has 1 amide bonds. The zero-order chi connectivity index (χ0) is 13.1. The summed E-state index contributed by atoms with van der Waals surface area (Å²) < 4.78 is 0. The first-order valence-electron chi connectivity index (χ1n) is 5.12. The molecular weight excluding hydrogens is 275 g/mol. The minimum atomic E-state index is -0.247. The number of nitrogens with zero attached hydrogens (tertiary/aromatic N) is 3. The molecule has 94 valence electrons. The van der Waals surface area contributed by atoms with Gasteiger partial charge in [0.2, 0.25) is 5.82 Å². The van der Waals surface area contributed by atoms with Gasteiger partial charge in [0, 0.05) is 23.6 Å². The Kier molecular flexibility index (Phi) is 3.84. The van der Waals surface area contributed by atoms with Crippen molar-refractivity contribution in [2.75, 3.05) is 7.05 Å². The average Bonchev–Trinajstić information content (AvgIpc) is 2.79. The van der Waals surface area contributed by atoms with Crippen LogP contribution >= 0.6 is 23.2 Å². The molecule has 1 aromatic carbocycles. The van der Waals surface area contributed by atoms with Gasteiger partial charge in [0.1, 0.15) is 6.33 Å². The molecule has 7 heteroatoms. The van der Waals surface area contributed by atoms with E-state index in [9.17, 15) is 4.79 Å². The van der Waals surface area contributed by atoms with Crippen molar-refractivity contribution >= 4 is 29.1 Å². The van der Waals surface area contributed by atoms with Crippen molar-refractivity contribution < 1.29 is 4.79 Å². The summed E-state index contributed by atoms with van der Waals surface area (Å²) in [7, 11) is 1.67. The molecule has 0 bridgehead atoms. The van der Waals surface area contributed by atoms with Crippen molar-refractivity contribution in [2.45, 2.75) is 6.54 Å². The number of H-pyrrole nitrogens is 1. The molecule has 0 spiro atoms. The first kappa shape index (κ1) is 12.9. The van der Waals surface area contributed by atoms with Crippen molar-refractivity contribution in [3.8, 4) is 0 Å². The SMILES string of the molecule is CN(Cc1cc(Cl)cc(Cl)c1)C(=O)c1ncn[nH]1. The highest BCUT2D eigenvalue weighted by Gasteiger charge is 2.14. The third kappa shape index (κ3) is 3.00. The van der Waals surface area contributed by atoms with Gasteiger partial charge in [0.25, 0.3) is 5.91 Å². The molecule has 1 N–H and O–H groups in total. The zero-order valence-corrected chi connectivity index (χ0v) is 11.0. The number of carbonyl (C=O) groups excluding carboxylic acids is 1. The van der Waals surface area contributed by atoms with Crippen molar-refractivity contribution in [2.24, 2.45) is 0 Å². The molecule has 2 aromatic rings. The van der Waals surface area contributed by atoms with Gasteiger partial charge in [-0.05, 0) is 23.8 Å². The van der Waals surface area contributed by atoms with Gasteiger partial charge in [-0.15, -0.1) is 0 Å². The van der Waals surface area contributed by atoms with Crippen LogP contribution in [0.5, 0.6) is 0 Å². The Labute approximate surface area is 114 Å². The molecule has 0 fully saturated rings. The summed E-state index contributed by atoms with van der Waals surface area (Å²) in [6, 6.07) is 5.17. The van der Waals surface area contributed by atoms with Crippen molar-refractivity contribution in [1.29, 1.82) is 0 Å². The molecule has 0 unspecified atom stereocenters. The first-order chi connectivity index (χ1) is 8.56. The number of carbonyl (C=O) groups is 1. The van der Waals surface area contributed by atoms with Crippen LogP contribution in [0.2, 0.25) is 10.0 Å². The number of rotatable bonds is 3. The van der Waals surface area contributed by atoms with E-state index in [1.54, 1.807) is 25.2 Å². The fourth-order valence-electron chi connectivity index (χ4n) is 1.54. The molecular formula is C11H10Cl2N4O. The van der Waals surface area contributed by atoms with E-state index in [2.05, 4.69) is 15.2 Å². The van der Waals surface area contributed by atoms with Crippen LogP contribution in [0.1, 0.15) is 16.2 Å². The summed E-state index contributed by atoms with van der Waals surface area (Å²) in [5.74, 6) is -0.0470. The van der Waals surface area contributed by atoms with Crippen LogP contribution in [-0.2, 0) is 6.54 Å². The highest BCUT2D eigenvalue weighted by molar-refractivity contribution is 6.34. The van der Waals surface area contributed by atoms with E-state index in [0.717, 1.165) is 5.56 Å². The van der Waals surface area contributed by atoms with Crippen LogP contribution in [-0.4, -0.2) is 33.0 Å². The normalized spacial score (nSPS) is 10.4. The van der Waals surface area contributed by atoms with E-state index in [1.807, 2.05) is 0 Å². The summed E-state index contributed by atoms with van der Waals surface area (Å²) in [5.41, 5.74) is 0.850. The number of aromatic nitrogens is 3. The molecule has 2 rings (SSSR count). The Hall–Kier alpha value is -1.59. The lowest BCUT2D eigenvalue weighted by Gasteiger charge is -2.15. The molecule has 0 atom stereocenters. The smallest absolute Gasteiger partial charge is 0.291 e. The maximum atomic E-state index is 11.9. The van der Waals surface area contributed by atoms with E-state index in [4.69, 9.17) is 23.2 Å². The van der Waals surface area contributed by atoms with Crippen LogP contribution in [0, 0.1) is 0 Å². The van der Waals surface area contributed by atoms with Gasteiger partial charge in [-0.2, -0.15) is 5.10 Å². The average molecular weight is 285 g/mol. The predicted octanol–water partition coefficient (Wildman–Crippen LogP) is 2.38. The molecule has 5 nitrogen and oxygen atoms in total. The molecule has 0 saturated carbocycles. The van der Waals surface area contributed by atoms with E-state index in [0.29, 0.717) is 16.6 Å². The zero-order valence-electron chi connectivity index (χ0n) is 9.52. The Morgan fingerprint density at radius 3 is 2.56 bits per heavy atom. The molecule has 0 aliphatic carbocycles. The fourth-order valence-corrected chi connectivity index (χ4v) is 2.11. The Balaban J connectivity index is 2.11. The third-order valence-electron chi connectivity index (χ3n) is 2.31. The fraction of sp³-hybridized carbons (Fsp3) is 0.182. The molecule has 1 heterocycles. The van der Waals surface area contributed by atoms with E-state index in [-0.39, 0.29) is 11.7 Å². The number of hydrogen-bond acceptors (Lipinski definition) is 3. The van der Waals surface area contributed by atoms with Crippen molar-refractivity contribution in [3.05, 3.63) is 46.0 Å².